The van der Waals surface area contributed by atoms with Crippen LogP contribution in [0.4, 0.5) is 0 Å². The lowest BCUT2D eigenvalue weighted by atomic mass is 9.71. The average molecular weight is 469 g/mol. The van der Waals surface area contributed by atoms with Gasteiger partial charge in [0, 0.05) is 16.6 Å². The Morgan fingerprint density at radius 1 is 0.686 bits per heavy atom. The molecule has 35 heavy (non-hydrogen) atoms. The van der Waals surface area contributed by atoms with Crippen LogP contribution in [-0.4, -0.2) is 11.9 Å². The van der Waals surface area contributed by atoms with Gasteiger partial charge in [-0.05, 0) is 73.7 Å². The highest BCUT2D eigenvalue weighted by Gasteiger charge is 2.31. The molecular formula is C31H32O4. The van der Waals surface area contributed by atoms with Crippen LogP contribution >= 0.6 is 0 Å². The van der Waals surface area contributed by atoms with Crippen LogP contribution in [0.1, 0.15) is 56.4 Å². The number of rotatable bonds is 9. The molecule has 0 saturated heterocycles. The summed E-state index contributed by atoms with van der Waals surface area (Å²) in [6, 6.07) is 23.7. The molecule has 0 heterocycles. The van der Waals surface area contributed by atoms with Gasteiger partial charge >= 0.3 is 11.9 Å². The molecule has 3 aromatic rings. The van der Waals surface area contributed by atoms with Gasteiger partial charge in [0.2, 0.25) is 0 Å². The number of hydrogen-bond acceptors (Lipinski definition) is 4. The first-order chi connectivity index (χ1) is 16.6. The molecule has 3 rings (SSSR count). The third-order valence-corrected chi connectivity index (χ3v) is 6.05. The van der Waals surface area contributed by atoms with Gasteiger partial charge in [-0.2, -0.15) is 0 Å². The average Bonchev–Trinajstić information content (AvgIpc) is 2.85. The minimum Gasteiger partial charge on any atom is -0.423 e. The zero-order valence-electron chi connectivity index (χ0n) is 20.9. The van der Waals surface area contributed by atoms with Crippen molar-refractivity contribution in [3.05, 3.63) is 119 Å². The van der Waals surface area contributed by atoms with Crippen molar-refractivity contribution < 1.29 is 19.1 Å². The van der Waals surface area contributed by atoms with E-state index in [1.807, 2.05) is 24.3 Å². The van der Waals surface area contributed by atoms with Crippen LogP contribution in [0.3, 0.4) is 0 Å². The standard InChI is InChI=1S/C31H32O4/c1-7-8-23-9-11-24(12-10-23)31(6,25-13-17-27(18-14-25)34-29(32)21(2)3)26-15-19-28(20-16-26)35-30(33)22(4)5/h9-20H,2,4,7-8H2,1,3,5-6H3. The molecule has 3 aromatic carbocycles. The van der Waals surface area contributed by atoms with E-state index in [9.17, 15) is 9.59 Å². The Bertz CT molecular complexity index is 1140. The van der Waals surface area contributed by atoms with E-state index in [2.05, 4.69) is 51.3 Å². The maximum absolute atomic E-state index is 11.9. The van der Waals surface area contributed by atoms with E-state index in [0.29, 0.717) is 22.6 Å². The summed E-state index contributed by atoms with van der Waals surface area (Å²) in [4.78, 5) is 23.8. The molecule has 0 aromatic heterocycles. The number of carbonyl (C=O) groups excluding carboxylic acids is 2. The Hall–Kier alpha value is -3.92. The second-order valence-corrected chi connectivity index (χ2v) is 8.96. The van der Waals surface area contributed by atoms with E-state index < -0.39 is 17.4 Å². The highest BCUT2D eigenvalue weighted by atomic mass is 16.5. The smallest absolute Gasteiger partial charge is 0.338 e. The number of benzene rings is 3. The number of aryl methyl sites for hydroxylation is 1. The molecule has 0 radical (unpaired) electrons. The molecule has 0 spiro atoms. The molecular weight excluding hydrogens is 436 g/mol. The fourth-order valence-electron chi connectivity index (χ4n) is 3.89. The fourth-order valence-corrected chi connectivity index (χ4v) is 3.89. The van der Waals surface area contributed by atoms with Gasteiger partial charge in [-0.15, -0.1) is 0 Å². The van der Waals surface area contributed by atoms with E-state index in [4.69, 9.17) is 9.47 Å². The van der Waals surface area contributed by atoms with Gasteiger partial charge in [-0.1, -0.05) is 75.0 Å². The van der Waals surface area contributed by atoms with E-state index in [-0.39, 0.29) is 0 Å². The quantitative estimate of drug-likeness (QED) is 0.147. The van der Waals surface area contributed by atoms with Gasteiger partial charge in [-0.3, -0.25) is 0 Å². The number of hydrogen-bond donors (Lipinski definition) is 0. The first-order valence-electron chi connectivity index (χ1n) is 11.7. The van der Waals surface area contributed by atoms with Gasteiger partial charge in [0.05, 0.1) is 0 Å². The molecule has 180 valence electrons. The molecule has 0 aliphatic rings. The largest absolute Gasteiger partial charge is 0.423 e. The summed E-state index contributed by atoms with van der Waals surface area (Å²) in [5.41, 5.74) is 4.67. The summed E-state index contributed by atoms with van der Waals surface area (Å²) >= 11 is 0. The topological polar surface area (TPSA) is 52.6 Å². The van der Waals surface area contributed by atoms with Gasteiger partial charge in [0.25, 0.3) is 0 Å². The van der Waals surface area contributed by atoms with Crippen molar-refractivity contribution in [2.75, 3.05) is 0 Å². The van der Waals surface area contributed by atoms with Crippen molar-refractivity contribution in [1.29, 1.82) is 0 Å². The van der Waals surface area contributed by atoms with Crippen molar-refractivity contribution in [1.82, 2.24) is 0 Å². The minimum atomic E-state index is -0.501. The third kappa shape index (κ3) is 5.96. The second kappa shape index (κ2) is 11.0. The lowest BCUT2D eigenvalue weighted by Gasteiger charge is -2.32. The Morgan fingerprint density at radius 3 is 1.34 bits per heavy atom. The predicted octanol–water partition coefficient (Wildman–Crippen LogP) is 6.96. The van der Waals surface area contributed by atoms with Crippen molar-refractivity contribution in [2.24, 2.45) is 0 Å². The highest BCUT2D eigenvalue weighted by Crippen LogP contribution is 2.40. The van der Waals surface area contributed by atoms with Crippen molar-refractivity contribution in [3.8, 4) is 11.5 Å². The van der Waals surface area contributed by atoms with E-state index in [1.165, 1.54) is 5.56 Å². The van der Waals surface area contributed by atoms with Crippen LogP contribution in [0.2, 0.25) is 0 Å². The van der Waals surface area contributed by atoms with Crippen LogP contribution in [0.25, 0.3) is 0 Å². The molecule has 4 heteroatoms. The minimum absolute atomic E-state index is 0.346. The van der Waals surface area contributed by atoms with Crippen molar-refractivity contribution in [2.45, 2.75) is 46.0 Å². The first kappa shape index (κ1) is 25.7. The molecule has 0 atom stereocenters. The zero-order chi connectivity index (χ0) is 25.6. The SMILES string of the molecule is C=C(C)C(=O)Oc1ccc(C(C)(c2ccc(CCC)cc2)c2ccc(OC(=O)C(=C)C)cc2)cc1. The van der Waals surface area contributed by atoms with Gasteiger partial charge < -0.3 is 9.47 Å². The predicted molar refractivity (Wildman–Crippen MR) is 140 cm³/mol. The molecule has 0 aliphatic heterocycles. The fraction of sp³-hybridized carbons (Fsp3) is 0.226. The first-order valence-corrected chi connectivity index (χ1v) is 11.7. The molecule has 0 unspecified atom stereocenters. The summed E-state index contributed by atoms with van der Waals surface area (Å²) in [6.07, 6.45) is 2.12. The lowest BCUT2D eigenvalue weighted by Crippen LogP contribution is -2.25. The summed E-state index contributed by atoms with van der Waals surface area (Å²) in [5.74, 6) is 0.0211. The Kier molecular flexibility index (Phi) is 8.08. The summed E-state index contributed by atoms with van der Waals surface area (Å²) in [5, 5.41) is 0. The van der Waals surface area contributed by atoms with Crippen LogP contribution < -0.4 is 9.47 Å². The maximum atomic E-state index is 11.9. The van der Waals surface area contributed by atoms with E-state index in [0.717, 1.165) is 29.5 Å². The van der Waals surface area contributed by atoms with Crippen LogP contribution in [-0.2, 0) is 21.4 Å². The van der Waals surface area contributed by atoms with Crippen molar-refractivity contribution >= 4 is 11.9 Å². The van der Waals surface area contributed by atoms with Crippen LogP contribution in [0.5, 0.6) is 11.5 Å². The summed E-state index contributed by atoms with van der Waals surface area (Å²) < 4.78 is 10.8. The number of esters is 2. The molecule has 0 bridgehead atoms. The van der Waals surface area contributed by atoms with E-state index >= 15 is 0 Å². The monoisotopic (exact) mass is 468 g/mol. The van der Waals surface area contributed by atoms with Gasteiger partial charge in [0.1, 0.15) is 11.5 Å². The van der Waals surface area contributed by atoms with E-state index in [1.54, 1.807) is 38.1 Å². The number of ether oxygens (including phenoxy) is 2. The Balaban J connectivity index is 2.02. The highest BCUT2D eigenvalue weighted by molar-refractivity contribution is 5.89. The number of carbonyl (C=O) groups is 2. The van der Waals surface area contributed by atoms with Crippen molar-refractivity contribution in [3.63, 3.8) is 0 Å². The van der Waals surface area contributed by atoms with Gasteiger partial charge in [-0.25, -0.2) is 9.59 Å². The maximum Gasteiger partial charge on any atom is 0.338 e. The van der Waals surface area contributed by atoms with Crippen LogP contribution in [0, 0.1) is 0 Å². The Morgan fingerprint density at radius 2 is 1.03 bits per heavy atom. The molecule has 0 saturated carbocycles. The molecule has 4 nitrogen and oxygen atoms in total. The molecule has 0 aliphatic carbocycles. The normalized spacial score (nSPS) is 11.0. The Labute approximate surface area is 207 Å². The molecule has 0 fully saturated rings. The second-order valence-electron chi connectivity index (χ2n) is 8.96. The van der Waals surface area contributed by atoms with Gasteiger partial charge in [0.15, 0.2) is 0 Å². The summed E-state index contributed by atoms with van der Waals surface area (Å²) in [7, 11) is 0. The summed E-state index contributed by atoms with van der Waals surface area (Å²) in [6.45, 7) is 14.8. The zero-order valence-corrected chi connectivity index (χ0v) is 20.9. The lowest BCUT2D eigenvalue weighted by molar-refractivity contribution is -0.130. The van der Waals surface area contributed by atoms with Crippen LogP contribution in [0.15, 0.2) is 97.1 Å². The molecule has 0 N–H and O–H groups in total. The molecule has 0 amide bonds. The third-order valence-electron chi connectivity index (χ3n) is 6.05.